The summed E-state index contributed by atoms with van der Waals surface area (Å²) in [5.74, 6) is -1.24. The van der Waals surface area contributed by atoms with Gasteiger partial charge in [-0.25, -0.2) is 12.8 Å². The highest BCUT2D eigenvalue weighted by Gasteiger charge is 2.31. The SMILES string of the molecule is CC(=O)c1ccc(S(=O)(=O)N2CCC(c3nnc(C(=O)Nc4ccccc4F)s3)CC2)cc1. The molecule has 1 fully saturated rings. The molecule has 0 radical (unpaired) electrons. The van der Waals surface area contributed by atoms with Crippen LogP contribution in [0.1, 0.15) is 50.9 Å². The molecule has 0 unspecified atom stereocenters. The molecule has 8 nitrogen and oxygen atoms in total. The van der Waals surface area contributed by atoms with Crippen molar-refractivity contribution in [1.29, 1.82) is 0 Å². The van der Waals surface area contributed by atoms with E-state index in [4.69, 9.17) is 0 Å². The highest BCUT2D eigenvalue weighted by atomic mass is 32.2. The summed E-state index contributed by atoms with van der Waals surface area (Å²) in [6, 6.07) is 11.8. The van der Waals surface area contributed by atoms with E-state index in [1.54, 1.807) is 6.07 Å². The zero-order valence-corrected chi connectivity index (χ0v) is 19.3. The monoisotopic (exact) mass is 488 g/mol. The lowest BCUT2D eigenvalue weighted by Gasteiger charge is -2.30. The van der Waals surface area contributed by atoms with E-state index >= 15 is 0 Å². The number of hydrogen-bond acceptors (Lipinski definition) is 7. The van der Waals surface area contributed by atoms with Crippen molar-refractivity contribution >= 4 is 38.7 Å². The number of nitrogens with zero attached hydrogens (tertiary/aromatic N) is 3. The van der Waals surface area contributed by atoms with E-state index < -0.39 is 21.7 Å². The van der Waals surface area contributed by atoms with Gasteiger partial charge in [0.05, 0.1) is 10.6 Å². The number of carbonyl (C=O) groups is 2. The Balaban J connectivity index is 1.39. The number of piperidine rings is 1. The number of sulfonamides is 1. The van der Waals surface area contributed by atoms with Crippen LogP contribution in [0.5, 0.6) is 0 Å². The molecule has 1 saturated heterocycles. The third-order valence-corrected chi connectivity index (χ3v) is 8.46. The maximum absolute atomic E-state index is 13.8. The molecule has 172 valence electrons. The molecule has 11 heteroatoms. The molecule has 0 aliphatic carbocycles. The molecule has 1 aliphatic rings. The molecule has 1 aromatic heterocycles. The minimum absolute atomic E-state index is 0.0240. The van der Waals surface area contributed by atoms with E-state index in [1.807, 2.05) is 0 Å². The fourth-order valence-electron chi connectivity index (χ4n) is 3.58. The topological polar surface area (TPSA) is 109 Å². The summed E-state index contributed by atoms with van der Waals surface area (Å²) >= 11 is 1.13. The molecule has 0 spiro atoms. The Bertz CT molecular complexity index is 1280. The summed E-state index contributed by atoms with van der Waals surface area (Å²) in [4.78, 5) is 24.0. The number of ketones is 1. The maximum Gasteiger partial charge on any atom is 0.286 e. The second-order valence-corrected chi connectivity index (χ2v) is 10.6. The van der Waals surface area contributed by atoms with Gasteiger partial charge in [-0.1, -0.05) is 35.6 Å². The maximum atomic E-state index is 13.8. The number of hydrogen-bond donors (Lipinski definition) is 1. The van der Waals surface area contributed by atoms with Crippen molar-refractivity contribution < 1.29 is 22.4 Å². The average Bonchev–Trinajstić information content (AvgIpc) is 3.31. The van der Waals surface area contributed by atoms with Crippen LogP contribution in [0, 0.1) is 5.82 Å². The van der Waals surface area contributed by atoms with E-state index in [9.17, 15) is 22.4 Å². The van der Waals surface area contributed by atoms with E-state index in [2.05, 4.69) is 15.5 Å². The second kappa shape index (κ2) is 9.46. The fourth-order valence-corrected chi connectivity index (χ4v) is 5.96. The zero-order valence-electron chi connectivity index (χ0n) is 17.7. The van der Waals surface area contributed by atoms with Gasteiger partial charge in [-0.3, -0.25) is 9.59 Å². The predicted molar refractivity (Wildman–Crippen MR) is 121 cm³/mol. The number of amides is 1. The normalized spacial score (nSPS) is 15.3. The van der Waals surface area contributed by atoms with Gasteiger partial charge in [0, 0.05) is 24.6 Å². The number of halogens is 1. The van der Waals surface area contributed by atoms with Crippen LogP contribution in [0.15, 0.2) is 53.4 Å². The van der Waals surface area contributed by atoms with Crippen molar-refractivity contribution in [3.8, 4) is 0 Å². The Morgan fingerprint density at radius 2 is 1.73 bits per heavy atom. The van der Waals surface area contributed by atoms with Crippen LogP contribution in [0.2, 0.25) is 0 Å². The summed E-state index contributed by atoms with van der Waals surface area (Å²) in [5.41, 5.74) is 0.521. The molecular weight excluding hydrogens is 467 g/mol. The number of nitrogens with one attached hydrogen (secondary N) is 1. The van der Waals surface area contributed by atoms with Gasteiger partial charge in [-0.2, -0.15) is 4.31 Å². The average molecular weight is 489 g/mol. The highest BCUT2D eigenvalue weighted by molar-refractivity contribution is 7.89. The minimum atomic E-state index is -3.67. The number of carbonyl (C=O) groups excluding carboxylic acids is 2. The lowest BCUT2D eigenvalue weighted by molar-refractivity contribution is 0.101. The molecule has 0 atom stereocenters. The van der Waals surface area contributed by atoms with Gasteiger partial charge < -0.3 is 5.32 Å². The van der Waals surface area contributed by atoms with Gasteiger partial charge in [0.2, 0.25) is 15.0 Å². The Labute approximate surface area is 194 Å². The number of Topliss-reactive ketones (excluding diaryl/α,β-unsaturated/α-hetero) is 1. The number of aromatic nitrogens is 2. The first kappa shape index (κ1) is 23.1. The smallest absolute Gasteiger partial charge is 0.286 e. The first-order valence-electron chi connectivity index (χ1n) is 10.3. The lowest BCUT2D eigenvalue weighted by Crippen LogP contribution is -2.37. The second-order valence-electron chi connectivity index (χ2n) is 7.64. The standard InChI is InChI=1S/C22H21FN4O4S2/c1-14(28)15-6-8-17(9-7-15)33(30,31)27-12-10-16(11-13-27)21-25-26-22(32-21)20(29)24-19-5-3-2-4-18(19)23/h2-9,16H,10-13H2,1H3,(H,24,29). The molecule has 0 saturated carbocycles. The van der Waals surface area contributed by atoms with Crippen LogP contribution in [-0.4, -0.2) is 47.7 Å². The summed E-state index contributed by atoms with van der Waals surface area (Å²) in [6.07, 6.45) is 1.07. The van der Waals surface area contributed by atoms with Crippen LogP contribution in [0.25, 0.3) is 0 Å². The van der Waals surface area contributed by atoms with E-state index in [-0.39, 0.29) is 27.3 Å². The van der Waals surface area contributed by atoms with Crippen LogP contribution < -0.4 is 5.32 Å². The first-order valence-corrected chi connectivity index (χ1v) is 12.5. The molecule has 1 aliphatic heterocycles. The van der Waals surface area contributed by atoms with Gasteiger partial charge in [0.15, 0.2) is 5.78 Å². The summed E-state index contributed by atoms with van der Waals surface area (Å²) in [6.45, 7) is 2.03. The molecular formula is C22H21FN4O4S2. The number of rotatable bonds is 6. The Hall–Kier alpha value is -3.02. The Kier molecular flexibility index (Phi) is 6.63. The van der Waals surface area contributed by atoms with Gasteiger partial charge in [-0.15, -0.1) is 10.2 Å². The molecule has 1 amide bonds. The molecule has 1 N–H and O–H groups in total. The van der Waals surface area contributed by atoms with Gasteiger partial charge in [-0.05, 0) is 44.0 Å². The molecule has 2 aromatic carbocycles. The first-order chi connectivity index (χ1) is 15.8. The van der Waals surface area contributed by atoms with E-state index in [1.165, 1.54) is 53.7 Å². The third kappa shape index (κ3) is 5.00. The molecule has 4 rings (SSSR count). The third-order valence-electron chi connectivity index (χ3n) is 5.46. The largest absolute Gasteiger partial charge is 0.317 e. The number of para-hydroxylation sites is 1. The lowest BCUT2D eigenvalue weighted by atomic mass is 9.99. The number of benzene rings is 2. The quantitative estimate of drug-likeness (QED) is 0.530. The van der Waals surface area contributed by atoms with Gasteiger partial charge in [0.1, 0.15) is 10.8 Å². The van der Waals surface area contributed by atoms with Crippen molar-refractivity contribution in [2.75, 3.05) is 18.4 Å². The molecule has 0 bridgehead atoms. The fraction of sp³-hybridized carbons (Fsp3) is 0.273. The summed E-state index contributed by atoms with van der Waals surface area (Å²) in [5, 5.41) is 11.3. The minimum Gasteiger partial charge on any atom is -0.317 e. The zero-order chi connectivity index (χ0) is 23.6. The molecule has 33 heavy (non-hydrogen) atoms. The van der Waals surface area contributed by atoms with Crippen molar-refractivity contribution in [2.24, 2.45) is 0 Å². The molecule has 2 heterocycles. The predicted octanol–water partition coefficient (Wildman–Crippen LogP) is 3.70. The Morgan fingerprint density at radius 1 is 1.06 bits per heavy atom. The molecule has 3 aromatic rings. The van der Waals surface area contributed by atoms with Gasteiger partial charge >= 0.3 is 0 Å². The number of anilines is 1. The van der Waals surface area contributed by atoms with Crippen LogP contribution in [-0.2, 0) is 10.0 Å². The van der Waals surface area contributed by atoms with E-state index in [0.717, 1.165) is 11.3 Å². The van der Waals surface area contributed by atoms with Crippen molar-refractivity contribution in [3.63, 3.8) is 0 Å². The summed E-state index contributed by atoms with van der Waals surface area (Å²) < 4.78 is 41.0. The highest BCUT2D eigenvalue weighted by Crippen LogP contribution is 2.32. The van der Waals surface area contributed by atoms with Crippen LogP contribution >= 0.6 is 11.3 Å². The Morgan fingerprint density at radius 3 is 2.36 bits per heavy atom. The van der Waals surface area contributed by atoms with Crippen molar-refractivity contribution in [3.05, 3.63) is 69.9 Å². The van der Waals surface area contributed by atoms with Crippen LogP contribution in [0.3, 0.4) is 0 Å². The van der Waals surface area contributed by atoms with Gasteiger partial charge in [0.25, 0.3) is 5.91 Å². The van der Waals surface area contributed by atoms with Crippen LogP contribution in [0.4, 0.5) is 10.1 Å². The van der Waals surface area contributed by atoms with Crippen molar-refractivity contribution in [1.82, 2.24) is 14.5 Å². The van der Waals surface area contributed by atoms with Crippen molar-refractivity contribution in [2.45, 2.75) is 30.6 Å². The van der Waals surface area contributed by atoms with E-state index in [0.29, 0.717) is 36.5 Å². The summed E-state index contributed by atoms with van der Waals surface area (Å²) in [7, 11) is -3.67.